The van der Waals surface area contributed by atoms with Crippen LogP contribution in [0.5, 0.6) is 0 Å². The zero-order chi connectivity index (χ0) is 30.2. The number of rotatable bonds is 2. The Morgan fingerprint density at radius 3 is 0.913 bits per heavy atom. The number of hydrogen-bond acceptors (Lipinski definition) is 2. The highest BCUT2D eigenvalue weighted by molar-refractivity contribution is 6.27. The molecule has 2 nitrogen and oxygen atoms in total. The van der Waals surface area contributed by atoms with E-state index in [4.69, 9.17) is 9.97 Å². The van der Waals surface area contributed by atoms with Gasteiger partial charge in [0.2, 0.25) is 0 Å². The van der Waals surface area contributed by atoms with Crippen LogP contribution in [0.1, 0.15) is 0 Å². The van der Waals surface area contributed by atoms with Gasteiger partial charge in [-0.3, -0.25) is 0 Å². The van der Waals surface area contributed by atoms with Gasteiger partial charge < -0.3 is 0 Å². The highest BCUT2D eigenvalue weighted by Crippen LogP contribution is 2.39. The van der Waals surface area contributed by atoms with Gasteiger partial charge in [-0.1, -0.05) is 121 Å². The van der Waals surface area contributed by atoms with Crippen molar-refractivity contribution in [3.63, 3.8) is 0 Å². The van der Waals surface area contributed by atoms with Crippen molar-refractivity contribution in [3.8, 4) is 22.5 Å². The molecule has 2 heterocycles. The highest BCUT2D eigenvalue weighted by Gasteiger charge is 2.13. The summed E-state index contributed by atoms with van der Waals surface area (Å²) in [5.74, 6) is 0. The van der Waals surface area contributed by atoms with Crippen LogP contribution in [-0.2, 0) is 0 Å². The lowest BCUT2D eigenvalue weighted by molar-refractivity contribution is 1.29. The maximum absolute atomic E-state index is 5.12. The van der Waals surface area contributed by atoms with Crippen LogP contribution < -0.4 is 0 Å². The van der Waals surface area contributed by atoms with Crippen LogP contribution in [0.4, 0.5) is 0 Å². The summed E-state index contributed by atoms with van der Waals surface area (Å²) in [6.07, 6.45) is 0. The number of fused-ring (bicyclic) bond motifs is 13. The number of nitrogens with zero attached hydrogens (tertiary/aromatic N) is 2. The second-order valence-electron chi connectivity index (χ2n) is 12.1. The van der Waals surface area contributed by atoms with E-state index in [-0.39, 0.29) is 0 Å². The summed E-state index contributed by atoms with van der Waals surface area (Å²) in [5.41, 5.74) is 4.78. The van der Waals surface area contributed by atoms with Crippen LogP contribution in [0.25, 0.3) is 98.2 Å². The minimum atomic E-state index is 0.752. The molecule has 212 valence electrons. The molecule has 0 aliphatic heterocycles. The molecule has 0 aliphatic carbocycles. The van der Waals surface area contributed by atoms with Crippen molar-refractivity contribution < 1.29 is 0 Å². The summed E-state index contributed by atoms with van der Waals surface area (Å²) >= 11 is 0. The fourth-order valence-corrected chi connectivity index (χ4v) is 7.45. The van der Waals surface area contributed by atoms with Gasteiger partial charge in [-0.15, -0.1) is 0 Å². The molecule has 0 unspecified atom stereocenters. The third kappa shape index (κ3) is 3.71. The maximum atomic E-state index is 5.12. The average Bonchev–Trinajstić information content (AvgIpc) is 3.14. The Bertz CT molecular complexity index is 2600. The summed E-state index contributed by atoms with van der Waals surface area (Å²) in [6, 6.07) is 56.8. The van der Waals surface area contributed by atoms with Gasteiger partial charge in [-0.05, 0) is 101 Å². The Balaban J connectivity index is 1.13. The largest absolute Gasteiger partial charge is 0.228 e. The third-order valence-corrected chi connectivity index (χ3v) is 9.63. The lowest BCUT2D eigenvalue weighted by atomic mass is 9.92. The minimum absolute atomic E-state index is 0.752. The molecule has 0 saturated carbocycles. The van der Waals surface area contributed by atoms with Gasteiger partial charge >= 0.3 is 0 Å². The Hall–Kier alpha value is -6.12. The Kier molecular flexibility index (Phi) is 5.31. The molecule has 0 N–H and O–H groups in total. The zero-order valence-corrected chi connectivity index (χ0v) is 24.9. The smallest absolute Gasteiger partial charge is 0.160 e. The summed E-state index contributed by atoms with van der Waals surface area (Å²) in [4.78, 5) is 10.2. The van der Waals surface area contributed by atoms with Crippen LogP contribution in [0.3, 0.4) is 0 Å². The van der Waals surface area contributed by atoms with Gasteiger partial charge in [-0.25, -0.2) is 9.97 Å². The van der Waals surface area contributed by atoms with Crippen molar-refractivity contribution in [1.29, 1.82) is 0 Å². The molecule has 0 spiro atoms. The number of aromatic nitrogens is 2. The van der Waals surface area contributed by atoms with Crippen molar-refractivity contribution in [1.82, 2.24) is 9.97 Å². The van der Waals surface area contributed by atoms with Crippen molar-refractivity contribution in [3.05, 3.63) is 158 Å². The Morgan fingerprint density at radius 2 is 0.565 bits per heavy atom. The van der Waals surface area contributed by atoms with Gasteiger partial charge in [-0.2, -0.15) is 0 Å². The van der Waals surface area contributed by atoms with E-state index < -0.39 is 0 Å². The predicted octanol–water partition coefficient (Wildman–Crippen LogP) is 11.9. The fourth-order valence-electron chi connectivity index (χ4n) is 7.45. The standard InChI is InChI=1S/C44H26N2/c1-3-13-34-30(9-1)32-11-5-7-15-36(32)40-25-28(17-21-38(34)40)42-23-19-27-20-24-43(46-44(27)45-42)29-18-22-39-35-14-4-2-10-31(35)33-12-6-8-16-37(33)41(39)26-29/h1-26H. The lowest BCUT2D eigenvalue weighted by Gasteiger charge is -2.12. The van der Waals surface area contributed by atoms with Gasteiger partial charge in [0.25, 0.3) is 0 Å². The molecular formula is C44H26N2. The van der Waals surface area contributed by atoms with Crippen molar-refractivity contribution in [2.24, 2.45) is 0 Å². The third-order valence-electron chi connectivity index (χ3n) is 9.63. The minimum Gasteiger partial charge on any atom is -0.228 e. The summed E-state index contributed by atoms with van der Waals surface area (Å²) in [7, 11) is 0. The normalized spacial score (nSPS) is 11.9. The molecule has 2 aromatic heterocycles. The molecule has 10 aromatic rings. The van der Waals surface area contributed by atoms with Gasteiger partial charge in [0.05, 0.1) is 11.4 Å². The quantitative estimate of drug-likeness (QED) is 0.190. The molecule has 0 fully saturated rings. The molecule has 2 heteroatoms. The number of pyridine rings is 2. The Labute approximate surface area is 265 Å². The van der Waals surface area contributed by atoms with E-state index in [2.05, 4.69) is 158 Å². The fraction of sp³-hybridized carbons (Fsp3) is 0. The SMILES string of the molecule is c1ccc2c(c1)c1ccccc1c1cc(-c3ccc4ccc(-c5ccc6c7ccccc7c7ccccc7c6c5)nc4n3)ccc21. The molecule has 0 amide bonds. The van der Waals surface area contributed by atoms with E-state index in [1.807, 2.05) is 0 Å². The lowest BCUT2D eigenvalue weighted by Crippen LogP contribution is -1.92. The first-order valence-corrected chi connectivity index (χ1v) is 15.8. The first-order chi connectivity index (χ1) is 22.8. The maximum Gasteiger partial charge on any atom is 0.160 e. The number of benzene rings is 8. The molecule has 8 aromatic carbocycles. The van der Waals surface area contributed by atoms with Crippen LogP contribution in [0.15, 0.2) is 158 Å². The van der Waals surface area contributed by atoms with E-state index in [0.717, 1.165) is 33.5 Å². The van der Waals surface area contributed by atoms with Gasteiger partial charge in [0, 0.05) is 16.5 Å². The molecule has 0 aliphatic rings. The van der Waals surface area contributed by atoms with E-state index in [1.165, 1.54) is 64.6 Å². The first-order valence-electron chi connectivity index (χ1n) is 15.8. The van der Waals surface area contributed by atoms with Gasteiger partial charge in [0.15, 0.2) is 5.65 Å². The monoisotopic (exact) mass is 582 g/mol. The molecule has 0 atom stereocenters. The topological polar surface area (TPSA) is 25.8 Å². The zero-order valence-electron chi connectivity index (χ0n) is 24.9. The summed E-state index contributed by atoms with van der Waals surface area (Å²) in [6.45, 7) is 0. The van der Waals surface area contributed by atoms with Crippen molar-refractivity contribution in [2.45, 2.75) is 0 Å². The molecule has 0 bridgehead atoms. The van der Waals surface area contributed by atoms with Crippen molar-refractivity contribution in [2.75, 3.05) is 0 Å². The predicted molar refractivity (Wildman–Crippen MR) is 195 cm³/mol. The van der Waals surface area contributed by atoms with E-state index in [1.54, 1.807) is 0 Å². The van der Waals surface area contributed by atoms with Crippen molar-refractivity contribution >= 4 is 75.7 Å². The summed E-state index contributed by atoms with van der Waals surface area (Å²) < 4.78 is 0. The van der Waals surface area contributed by atoms with Crippen LogP contribution >= 0.6 is 0 Å². The average molecular weight is 583 g/mol. The first kappa shape index (κ1) is 25.2. The molecule has 0 radical (unpaired) electrons. The highest BCUT2D eigenvalue weighted by atomic mass is 14.9. The van der Waals surface area contributed by atoms with Crippen LogP contribution in [0, 0.1) is 0 Å². The van der Waals surface area contributed by atoms with Crippen LogP contribution in [-0.4, -0.2) is 9.97 Å². The second-order valence-corrected chi connectivity index (χ2v) is 12.1. The van der Waals surface area contributed by atoms with E-state index >= 15 is 0 Å². The molecule has 10 rings (SSSR count). The molecule has 0 saturated heterocycles. The second kappa shape index (κ2) is 9.69. The Morgan fingerprint density at radius 1 is 0.261 bits per heavy atom. The number of hydrogen-bond donors (Lipinski definition) is 0. The van der Waals surface area contributed by atoms with E-state index in [0.29, 0.717) is 0 Å². The molecule has 46 heavy (non-hydrogen) atoms. The van der Waals surface area contributed by atoms with E-state index in [9.17, 15) is 0 Å². The summed E-state index contributed by atoms with van der Waals surface area (Å²) in [5, 5.41) is 16.2. The molecular weight excluding hydrogens is 556 g/mol. The van der Waals surface area contributed by atoms with Gasteiger partial charge in [0.1, 0.15) is 0 Å². The van der Waals surface area contributed by atoms with Crippen LogP contribution in [0.2, 0.25) is 0 Å².